The highest BCUT2D eigenvalue weighted by atomic mass is 16.5. The minimum atomic E-state index is -0.0720. The van der Waals surface area contributed by atoms with E-state index in [2.05, 4.69) is 43.7 Å². The quantitative estimate of drug-likeness (QED) is 0.657. The number of hydrogen-bond donors (Lipinski definition) is 3. The van der Waals surface area contributed by atoms with Gasteiger partial charge in [0.1, 0.15) is 5.82 Å². The van der Waals surface area contributed by atoms with Crippen LogP contribution in [0, 0.1) is 0 Å². The van der Waals surface area contributed by atoms with Gasteiger partial charge >= 0.3 is 0 Å². The van der Waals surface area contributed by atoms with Gasteiger partial charge < -0.3 is 25.3 Å². The van der Waals surface area contributed by atoms with Gasteiger partial charge in [-0.15, -0.1) is 0 Å². The number of carbonyl (C=O) groups is 1. The number of aromatic nitrogens is 2. The predicted octanol–water partition coefficient (Wildman–Crippen LogP) is 3.08. The Hall–Kier alpha value is -3.06. The summed E-state index contributed by atoms with van der Waals surface area (Å²) in [6.07, 6.45) is 10.2. The molecule has 1 aromatic carbocycles. The van der Waals surface area contributed by atoms with Crippen molar-refractivity contribution in [2.24, 2.45) is 0 Å². The monoisotopic (exact) mass is 393 g/mol. The molecule has 1 aliphatic carbocycles. The molecule has 0 saturated heterocycles. The minimum absolute atomic E-state index is 0.0720. The van der Waals surface area contributed by atoms with Crippen molar-refractivity contribution >= 4 is 23.6 Å². The summed E-state index contributed by atoms with van der Waals surface area (Å²) in [6.45, 7) is 1.01. The SMILES string of the molecule is COCCNC(=O)c1ccc2c(c1)CCC=C(Nc1nc3c([nH]1)CCC=C3)N2C. The molecular formula is C22H27N5O2. The van der Waals surface area contributed by atoms with Crippen LogP contribution in [0.2, 0.25) is 0 Å². The van der Waals surface area contributed by atoms with E-state index in [0.29, 0.717) is 18.7 Å². The number of aryl methyl sites for hydroxylation is 2. The van der Waals surface area contributed by atoms with E-state index in [1.54, 1.807) is 7.11 Å². The summed E-state index contributed by atoms with van der Waals surface area (Å²) in [5.74, 6) is 1.67. The highest BCUT2D eigenvalue weighted by Gasteiger charge is 2.19. The summed E-state index contributed by atoms with van der Waals surface area (Å²) >= 11 is 0. The second-order valence-corrected chi connectivity index (χ2v) is 7.29. The van der Waals surface area contributed by atoms with Crippen molar-refractivity contribution < 1.29 is 9.53 Å². The Morgan fingerprint density at radius 3 is 3.03 bits per heavy atom. The van der Waals surface area contributed by atoms with E-state index in [9.17, 15) is 4.79 Å². The number of carbonyl (C=O) groups excluding carboxylic acids is 1. The first-order chi connectivity index (χ1) is 14.2. The second-order valence-electron chi connectivity index (χ2n) is 7.29. The maximum absolute atomic E-state index is 12.4. The van der Waals surface area contributed by atoms with Crippen LogP contribution in [0.4, 0.5) is 11.6 Å². The van der Waals surface area contributed by atoms with Crippen molar-refractivity contribution in [3.05, 3.63) is 58.7 Å². The fraction of sp³-hybridized carbons (Fsp3) is 0.364. The van der Waals surface area contributed by atoms with Gasteiger partial charge in [0.05, 0.1) is 12.3 Å². The van der Waals surface area contributed by atoms with E-state index in [0.717, 1.165) is 54.4 Å². The molecular weight excluding hydrogens is 366 g/mol. The van der Waals surface area contributed by atoms with Gasteiger partial charge in [0.15, 0.2) is 0 Å². The van der Waals surface area contributed by atoms with Gasteiger partial charge in [-0.2, -0.15) is 0 Å². The molecule has 7 heteroatoms. The third kappa shape index (κ3) is 4.19. The summed E-state index contributed by atoms with van der Waals surface area (Å²) in [5, 5.41) is 6.31. The van der Waals surface area contributed by atoms with Crippen LogP contribution >= 0.6 is 0 Å². The molecule has 152 valence electrons. The van der Waals surface area contributed by atoms with Crippen molar-refractivity contribution in [1.82, 2.24) is 15.3 Å². The van der Waals surface area contributed by atoms with Gasteiger partial charge in [0.2, 0.25) is 5.95 Å². The van der Waals surface area contributed by atoms with E-state index in [1.165, 1.54) is 5.69 Å². The number of nitrogens with one attached hydrogen (secondary N) is 3. The largest absolute Gasteiger partial charge is 0.383 e. The lowest BCUT2D eigenvalue weighted by Gasteiger charge is -2.24. The standard InChI is InChI=1S/C22H27N5O2/c1-27-19-11-10-16(21(28)23-12-13-29-2)14-15(19)6-5-9-20(27)26-22-24-17-7-3-4-8-18(17)25-22/h3,7,9-11,14H,4-6,8,12-13H2,1-2H3,(H,23,28)(H2,24,25,26). The van der Waals surface area contributed by atoms with Crippen molar-refractivity contribution in [3.63, 3.8) is 0 Å². The molecule has 7 nitrogen and oxygen atoms in total. The fourth-order valence-electron chi connectivity index (χ4n) is 3.74. The number of H-pyrrole nitrogens is 1. The van der Waals surface area contributed by atoms with E-state index in [-0.39, 0.29) is 5.91 Å². The lowest BCUT2D eigenvalue weighted by atomic mass is 10.0. The van der Waals surface area contributed by atoms with E-state index >= 15 is 0 Å². The molecule has 0 spiro atoms. The van der Waals surface area contributed by atoms with Crippen LogP contribution in [0.5, 0.6) is 0 Å². The molecule has 0 unspecified atom stereocenters. The van der Waals surface area contributed by atoms with E-state index in [4.69, 9.17) is 4.74 Å². The first kappa shape index (κ1) is 19.3. The molecule has 0 radical (unpaired) electrons. The Labute approximate surface area is 170 Å². The zero-order valence-electron chi connectivity index (χ0n) is 16.9. The van der Waals surface area contributed by atoms with Gasteiger partial charge in [0, 0.05) is 37.6 Å². The number of imidazole rings is 1. The number of aromatic amines is 1. The van der Waals surface area contributed by atoms with Crippen LogP contribution in [0.1, 0.15) is 40.2 Å². The molecule has 2 aliphatic rings. The van der Waals surface area contributed by atoms with Crippen molar-refractivity contribution in [2.45, 2.75) is 25.7 Å². The van der Waals surface area contributed by atoms with Crippen molar-refractivity contribution in [3.8, 4) is 0 Å². The van der Waals surface area contributed by atoms with Crippen LogP contribution < -0.4 is 15.5 Å². The molecule has 0 atom stereocenters. The van der Waals surface area contributed by atoms with Crippen LogP contribution in [0.15, 0.2) is 36.2 Å². The van der Waals surface area contributed by atoms with Gasteiger partial charge in [-0.3, -0.25) is 4.79 Å². The fourth-order valence-corrected chi connectivity index (χ4v) is 3.74. The summed E-state index contributed by atoms with van der Waals surface area (Å²) in [7, 11) is 3.65. The number of hydrogen-bond acceptors (Lipinski definition) is 5. The summed E-state index contributed by atoms with van der Waals surface area (Å²) in [6, 6.07) is 5.87. The molecule has 4 rings (SSSR count). The molecule has 3 N–H and O–H groups in total. The molecule has 0 saturated carbocycles. The summed E-state index contributed by atoms with van der Waals surface area (Å²) in [4.78, 5) is 22.5. The maximum atomic E-state index is 12.4. The molecule has 1 aliphatic heterocycles. The average molecular weight is 393 g/mol. The zero-order valence-corrected chi connectivity index (χ0v) is 16.9. The molecule has 2 aromatic rings. The van der Waals surface area contributed by atoms with E-state index in [1.807, 2.05) is 25.2 Å². The number of nitrogens with zero attached hydrogens (tertiary/aromatic N) is 2. The van der Waals surface area contributed by atoms with Gasteiger partial charge in [-0.1, -0.05) is 6.08 Å². The third-order valence-electron chi connectivity index (χ3n) is 5.30. The van der Waals surface area contributed by atoms with Crippen LogP contribution in [0.3, 0.4) is 0 Å². The number of benzene rings is 1. The Bertz CT molecular complexity index is 960. The minimum Gasteiger partial charge on any atom is -0.383 e. The van der Waals surface area contributed by atoms with Crippen LogP contribution in [-0.4, -0.2) is 43.2 Å². The lowest BCUT2D eigenvalue weighted by Crippen LogP contribution is -2.27. The molecule has 1 aromatic heterocycles. The average Bonchev–Trinajstić information content (AvgIpc) is 3.08. The Kier molecular flexibility index (Phi) is 5.67. The number of rotatable bonds is 6. The second kappa shape index (κ2) is 8.53. The van der Waals surface area contributed by atoms with Gasteiger partial charge in [-0.25, -0.2) is 4.98 Å². The van der Waals surface area contributed by atoms with Gasteiger partial charge in [-0.05, 0) is 61.6 Å². The molecule has 1 amide bonds. The highest BCUT2D eigenvalue weighted by molar-refractivity contribution is 5.95. The first-order valence-electron chi connectivity index (χ1n) is 10.0. The number of methoxy groups -OCH3 is 1. The Morgan fingerprint density at radius 1 is 1.31 bits per heavy atom. The number of allylic oxidation sites excluding steroid dienone is 2. The Morgan fingerprint density at radius 2 is 2.21 bits per heavy atom. The summed E-state index contributed by atoms with van der Waals surface area (Å²) < 4.78 is 4.99. The summed E-state index contributed by atoms with van der Waals surface area (Å²) in [5.41, 5.74) is 5.11. The van der Waals surface area contributed by atoms with E-state index < -0.39 is 0 Å². The number of amides is 1. The first-order valence-corrected chi connectivity index (χ1v) is 10.0. The topological polar surface area (TPSA) is 82.3 Å². The van der Waals surface area contributed by atoms with Crippen LogP contribution in [-0.2, 0) is 17.6 Å². The molecule has 0 fully saturated rings. The normalized spacial score (nSPS) is 15.2. The lowest BCUT2D eigenvalue weighted by molar-refractivity contribution is 0.0937. The smallest absolute Gasteiger partial charge is 0.251 e. The van der Waals surface area contributed by atoms with Crippen molar-refractivity contribution in [2.75, 3.05) is 37.5 Å². The highest BCUT2D eigenvalue weighted by Crippen LogP contribution is 2.29. The number of fused-ring (bicyclic) bond motifs is 2. The predicted molar refractivity (Wildman–Crippen MR) is 115 cm³/mol. The Balaban J connectivity index is 1.50. The zero-order chi connectivity index (χ0) is 20.2. The molecule has 0 bridgehead atoms. The maximum Gasteiger partial charge on any atom is 0.251 e. The van der Waals surface area contributed by atoms with Gasteiger partial charge in [0.25, 0.3) is 5.91 Å². The van der Waals surface area contributed by atoms with Crippen molar-refractivity contribution in [1.29, 1.82) is 0 Å². The number of ether oxygens (including phenoxy) is 1. The number of anilines is 2. The molecule has 2 heterocycles. The third-order valence-corrected chi connectivity index (χ3v) is 5.30. The molecule has 29 heavy (non-hydrogen) atoms. The van der Waals surface area contributed by atoms with Crippen LogP contribution in [0.25, 0.3) is 6.08 Å².